The number of rotatable bonds is 3. The first-order chi connectivity index (χ1) is 13.5. The summed E-state index contributed by atoms with van der Waals surface area (Å²) in [5.41, 5.74) is 0.542. The molecule has 7 nitrogen and oxygen atoms in total. The average Bonchev–Trinajstić information content (AvgIpc) is 2.94. The smallest absolute Gasteiger partial charge is 0.262 e. The second kappa shape index (κ2) is 6.88. The monoisotopic (exact) mass is 381 g/mol. The van der Waals surface area contributed by atoms with E-state index in [1.807, 2.05) is 0 Å². The first-order valence-corrected chi connectivity index (χ1v) is 8.76. The second-order valence-electron chi connectivity index (χ2n) is 6.54. The molecule has 1 N–H and O–H groups in total. The van der Waals surface area contributed by atoms with Crippen LogP contribution in [0.2, 0.25) is 0 Å². The first kappa shape index (κ1) is 17.8. The third kappa shape index (κ3) is 2.83. The van der Waals surface area contributed by atoms with E-state index in [1.165, 1.54) is 35.2 Å². The summed E-state index contributed by atoms with van der Waals surface area (Å²) in [6.07, 6.45) is 0. The molecule has 1 saturated heterocycles. The van der Waals surface area contributed by atoms with Crippen molar-refractivity contribution in [3.63, 3.8) is 0 Å². The van der Waals surface area contributed by atoms with Crippen molar-refractivity contribution in [3.05, 3.63) is 71.0 Å². The molecule has 0 aliphatic carbocycles. The predicted octanol–water partition coefficient (Wildman–Crippen LogP) is 1.12. The molecule has 1 unspecified atom stereocenters. The Balaban J connectivity index is 1.60. The van der Waals surface area contributed by atoms with E-state index in [9.17, 15) is 23.6 Å². The van der Waals surface area contributed by atoms with E-state index < -0.39 is 42.0 Å². The number of piperazine rings is 1. The minimum Gasteiger partial charge on any atom is -0.352 e. The van der Waals surface area contributed by atoms with Crippen molar-refractivity contribution < 1.29 is 23.6 Å². The number of nitrogens with one attached hydrogen (secondary N) is 1. The Morgan fingerprint density at radius 2 is 1.61 bits per heavy atom. The van der Waals surface area contributed by atoms with Gasteiger partial charge in [-0.05, 0) is 18.2 Å². The number of halogens is 1. The molecule has 2 aliphatic rings. The molecule has 2 aliphatic heterocycles. The molecule has 4 rings (SSSR count). The summed E-state index contributed by atoms with van der Waals surface area (Å²) < 4.78 is 14.3. The lowest BCUT2D eigenvalue weighted by molar-refractivity contribution is -0.143. The number of carbonyl (C=O) groups excluding carboxylic acids is 4. The summed E-state index contributed by atoms with van der Waals surface area (Å²) in [6.45, 7) is -0.158. The van der Waals surface area contributed by atoms with Gasteiger partial charge in [0.05, 0.1) is 11.1 Å². The Hall–Kier alpha value is -3.55. The Morgan fingerprint density at radius 3 is 2.25 bits per heavy atom. The van der Waals surface area contributed by atoms with Crippen LogP contribution in [0, 0.1) is 5.82 Å². The van der Waals surface area contributed by atoms with Crippen LogP contribution < -0.4 is 5.32 Å². The summed E-state index contributed by atoms with van der Waals surface area (Å²) in [6, 6.07) is 10.9. The quantitative estimate of drug-likeness (QED) is 0.808. The number of hydrogen-bond donors (Lipinski definition) is 1. The number of benzene rings is 2. The van der Waals surface area contributed by atoms with Gasteiger partial charge in [0, 0.05) is 18.7 Å². The van der Waals surface area contributed by atoms with E-state index >= 15 is 0 Å². The zero-order valence-corrected chi connectivity index (χ0v) is 14.7. The number of carbonyl (C=O) groups is 4. The predicted molar refractivity (Wildman–Crippen MR) is 95.7 cm³/mol. The molecule has 0 bridgehead atoms. The SMILES string of the molecule is O=C1NCCN(C(=O)CN2C(=O)c3ccccc3C2=O)C1c1ccccc1F. The van der Waals surface area contributed by atoms with Gasteiger partial charge in [-0.25, -0.2) is 4.39 Å². The lowest BCUT2D eigenvalue weighted by atomic mass is 10.0. The third-order valence-electron chi connectivity index (χ3n) is 4.90. The van der Waals surface area contributed by atoms with Crippen LogP contribution in [0.25, 0.3) is 0 Å². The topological polar surface area (TPSA) is 86.8 Å². The number of fused-ring (bicyclic) bond motifs is 1. The van der Waals surface area contributed by atoms with Crippen molar-refractivity contribution in [3.8, 4) is 0 Å². The Kier molecular flexibility index (Phi) is 4.38. The lowest BCUT2D eigenvalue weighted by Crippen LogP contribution is -2.54. The normalized spacial score (nSPS) is 18.9. The van der Waals surface area contributed by atoms with E-state index in [0.29, 0.717) is 0 Å². The van der Waals surface area contributed by atoms with Crippen LogP contribution in [0.4, 0.5) is 4.39 Å². The fraction of sp³-hybridized carbons (Fsp3) is 0.200. The molecule has 28 heavy (non-hydrogen) atoms. The molecule has 0 aromatic heterocycles. The van der Waals surface area contributed by atoms with Crippen LogP contribution in [0.5, 0.6) is 0 Å². The minimum absolute atomic E-state index is 0.0652. The zero-order valence-electron chi connectivity index (χ0n) is 14.7. The van der Waals surface area contributed by atoms with Crippen LogP contribution in [-0.2, 0) is 9.59 Å². The molecule has 0 saturated carbocycles. The highest BCUT2D eigenvalue weighted by Gasteiger charge is 2.40. The molecular weight excluding hydrogens is 365 g/mol. The molecule has 1 fully saturated rings. The fourth-order valence-electron chi connectivity index (χ4n) is 3.55. The standard InChI is InChI=1S/C20H16FN3O4/c21-15-8-4-3-7-14(15)17-18(26)22-9-10-23(17)16(25)11-24-19(27)12-5-1-2-6-13(12)20(24)28/h1-8,17H,9-11H2,(H,22,26). The van der Waals surface area contributed by atoms with Gasteiger partial charge >= 0.3 is 0 Å². The van der Waals surface area contributed by atoms with E-state index in [1.54, 1.807) is 18.2 Å². The van der Waals surface area contributed by atoms with Gasteiger partial charge in [-0.3, -0.25) is 24.1 Å². The Morgan fingerprint density at radius 1 is 1.00 bits per heavy atom. The van der Waals surface area contributed by atoms with Crippen molar-refractivity contribution in [2.45, 2.75) is 6.04 Å². The Labute approximate surface area is 159 Å². The van der Waals surface area contributed by atoms with Crippen molar-refractivity contribution >= 4 is 23.6 Å². The van der Waals surface area contributed by atoms with Gasteiger partial charge in [0.25, 0.3) is 11.8 Å². The highest BCUT2D eigenvalue weighted by Crippen LogP contribution is 2.27. The average molecular weight is 381 g/mol. The maximum Gasteiger partial charge on any atom is 0.262 e. The fourth-order valence-corrected chi connectivity index (χ4v) is 3.55. The minimum atomic E-state index is -1.15. The van der Waals surface area contributed by atoms with Gasteiger partial charge in [0.2, 0.25) is 11.8 Å². The van der Waals surface area contributed by atoms with Crippen molar-refractivity contribution in [1.29, 1.82) is 0 Å². The molecule has 4 amide bonds. The van der Waals surface area contributed by atoms with Gasteiger partial charge in [0.15, 0.2) is 0 Å². The molecule has 0 spiro atoms. The number of hydrogen-bond acceptors (Lipinski definition) is 4. The van der Waals surface area contributed by atoms with Crippen molar-refractivity contribution in [2.75, 3.05) is 19.6 Å². The van der Waals surface area contributed by atoms with Crippen LogP contribution in [0.15, 0.2) is 48.5 Å². The van der Waals surface area contributed by atoms with E-state index in [4.69, 9.17) is 0 Å². The van der Waals surface area contributed by atoms with Gasteiger partial charge in [-0.2, -0.15) is 0 Å². The third-order valence-corrected chi connectivity index (χ3v) is 4.90. The maximum atomic E-state index is 14.3. The van der Waals surface area contributed by atoms with E-state index in [0.717, 1.165) is 4.90 Å². The zero-order chi connectivity index (χ0) is 19.8. The van der Waals surface area contributed by atoms with Crippen LogP contribution in [0.1, 0.15) is 32.3 Å². The van der Waals surface area contributed by atoms with Crippen LogP contribution in [0.3, 0.4) is 0 Å². The molecular formula is C20H16FN3O4. The molecule has 0 radical (unpaired) electrons. The van der Waals surface area contributed by atoms with Gasteiger partial charge < -0.3 is 10.2 Å². The van der Waals surface area contributed by atoms with Gasteiger partial charge in [-0.1, -0.05) is 30.3 Å². The Bertz CT molecular complexity index is 971. The number of amides is 4. The molecule has 2 aromatic carbocycles. The number of nitrogens with zero attached hydrogens (tertiary/aromatic N) is 2. The van der Waals surface area contributed by atoms with Gasteiger partial charge in [-0.15, -0.1) is 0 Å². The maximum absolute atomic E-state index is 14.3. The second-order valence-corrected chi connectivity index (χ2v) is 6.54. The molecule has 142 valence electrons. The first-order valence-electron chi connectivity index (χ1n) is 8.76. The lowest BCUT2D eigenvalue weighted by Gasteiger charge is -2.36. The van der Waals surface area contributed by atoms with Gasteiger partial charge in [0.1, 0.15) is 18.4 Å². The summed E-state index contributed by atoms with van der Waals surface area (Å²) in [5.74, 6) is -2.83. The van der Waals surface area contributed by atoms with Crippen LogP contribution >= 0.6 is 0 Å². The highest BCUT2D eigenvalue weighted by molar-refractivity contribution is 6.22. The van der Waals surface area contributed by atoms with E-state index in [-0.39, 0.29) is 29.8 Å². The summed E-state index contributed by atoms with van der Waals surface area (Å²) in [5, 5.41) is 2.62. The van der Waals surface area contributed by atoms with Crippen molar-refractivity contribution in [1.82, 2.24) is 15.1 Å². The summed E-state index contributed by atoms with van der Waals surface area (Å²) >= 11 is 0. The highest BCUT2D eigenvalue weighted by atomic mass is 19.1. The van der Waals surface area contributed by atoms with Crippen molar-refractivity contribution in [2.24, 2.45) is 0 Å². The molecule has 2 heterocycles. The van der Waals surface area contributed by atoms with Crippen LogP contribution in [-0.4, -0.2) is 53.1 Å². The number of imide groups is 1. The summed E-state index contributed by atoms with van der Waals surface area (Å²) in [4.78, 5) is 52.4. The summed E-state index contributed by atoms with van der Waals surface area (Å²) in [7, 11) is 0. The molecule has 1 atom stereocenters. The molecule has 2 aromatic rings. The van der Waals surface area contributed by atoms with E-state index in [2.05, 4.69) is 5.32 Å². The molecule has 8 heteroatoms. The largest absolute Gasteiger partial charge is 0.352 e.